The number of rotatable bonds is 2. The number of nitrogens with zero attached hydrogens (tertiary/aromatic N) is 1. The fourth-order valence-electron chi connectivity index (χ4n) is 1.59. The minimum atomic E-state index is -0.339. The van der Waals surface area contributed by atoms with Crippen LogP contribution in [0.5, 0.6) is 0 Å². The maximum absolute atomic E-state index is 12.2. The van der Waals surface area contributed by atoms with Crippen LogP contribution in [0, 0.1) is 11.8 Å². The molecule has 0 bridgehead atoms. The number of amides is 1. The number of carbonyl (C=O) groups is 1. The zero-order valence-corrected chi connectivity index (χ0v) is 11.3. The van der Waals surface area contributed by atoms with Crippen LogP contribution in [0.25, 0.3) is 0 Å². The largest absolute Gasteiger partial charge is 0.321 e. The number of hydrogen-bond donors (Lipinski definition) is 2. The molecule has 0 fully saturated rings. The SMILES string of the molecule is NCC#Cc1cccnc1C(=O)Nc1cccc(Cl)c1. The molecular weight excluding hydrogens is 274 g/mol. The molecule has 0 spiro atoms. The Labute approximate surface area is 122 Å². The minimum absolute atomic E-state index is 0.226. The second-order valence-corrected chi connectivity index (χ2v) is 4.31. The van der Waals surface area contributed by atoms with Gasteiger partial charge in [-0.15, -0.1) is 0 Å². The zero-order chi connectivity index (χ0) is 14.4. The van der Waals surface area contributed by atoms with Gasteiger partial charge in [0.05, 0.1) is 12.1 Å². The molecule has 0 aliphatic rings. The summed E-state index contributed by atoms with van der Waals surface area (Å²) in [6.45, 7) is 0.226. The van der Waals surface area contributed by atoms with Gasteiger partial charge in [-0.05, 0) is 30.3 Å². The Balaban J connectivity index is 2.25. The van der Waals surface area contributed by atoms with E-state index in [0.29, 0.717) is 16.3 Å². The van der Waals surface area contributed by atoms with Gasteiger partial charge in [0.15, 0.2) is 0 Å². The van der Waals surface area contributed by atoms with E-state index in [0.717, 1.165) is 0 Å². The van der Waals surface area contributed by atoms with Crippen molar-refractivity contribution in [3.8, 4) is 11.8 Å². The van der Waals surface area contributed by atoms with E-state index in [1.165, 1.54) is 0 Å². The molecule has 0 saturated heterocycles. The van der Waals surface area contributed by atoms with E-state index in [1.54, 1.807) is 42.6 Å². The van der Waals surface area contributed by atoms with Crippen LogP contribution < -0.4 is 11.1 Å². The first-order valence-electron chi connectivity index (χ1n) is 5.91. The summed E-state index contributed by atoms with van der Waals surface area (Å²) in [5, 5.41) is 3.28. The molecule has 0 saturated carbocycles. The van der Waals surface area contributed by atoms with E-state index in [-0.39, 0.29) is 18.1 Å². The number of aromatic nitrogens is 1. The van der Waals surface area contributed by atoms with Gasteiger partial charge in [-0.1, -0.05) is 29.5 Å². The maximum Gasteiger partial charge on any atom is 0.275 e. The van der Waals surface area contributed by atoms with Crippen molar-refractivity contribution in [2.24, 2.45) is 5.73 Å². The van der Waals surface area contributed by atoms with Crippen LogP contribution >= 0.6 is 11.6 Å². The van der Waals surface area contributed by atoms with E-state index in [1.807, 2.05) is 0 Å². The standard InChI is InChI=1S/C15H12ClN3O/c16-12-6-1-7-13(10-12)19-15(20)14-11(4-2-8-17)5-3-9-18-14/h1,3,5-7,9-10H,8,17H2,(H,19,20). The highest BCUT2D eigenvalue weighted by atomic mass is 35.5. The van der Waals surface area contributed by atoms with Gasteiger partial charge in [0.1, 0.15) is 5.69 Å². The Morgan fingerprint density at radius 1 is 1.35 bits per heavy atom. The summed E-state index contributed by atoms with van der Waals surface area (Å²) >= 11 is 5.87. The van der Waals surface area contributed by atoms with Gasteiger partial charge in [-0.2, -0.15) is 0 Å². The number of benzene rings is 1. The molecule has 5 heteroatoms. The molecule has 0 atom stereocenters. The van der Waals surface area contributed by atoms with E-state index in [9.17, 15) is 4.79 Å². The highest BCUT2D eigenvalue weighted by molar-refractivity contribution is 6.30. The quantitative estimate of drug-likeness (QED) is 0.832. The highest BCUT2D eigenvalue weighted by Gasteiger charge is 2.11. The van der Waals surface area contributed by atoms with Crippen LogP contribution in [0.15, 0.2) is 42.6 Å². The maximum atomic E-state index is 12.2. The predicted molar refractivity (Wildman–Crippen MR) is 79.6 cm³/mol. The Kier molecular flexibility index (Phi) is 4.72. The Morgan fingerprint density at radius 3 is 2.95 bits per heavy atom. The van der Waals surface area contributed by atoms with E-state index >= 15 is 0 Å². The Hall–Kier alpha value is -2.35. The summed E-state index contributed by atoms with van der Waals surface area (Å²) < 4.78 is 0. The van der Waals surface area contributed by atoms with Crippen molar-refractivity contribution in [2.75, 3.05) is 11.9 Å². The van der Waals surface area contributed by atoms with E-state index < -0.39 is 0 Å². The van der Waals surface area contributed by atoms with Gasteiger partial charge in [-0.3, -0.25) is 4.79 Å². The normalized spacial score (nSPS) is 9.50. The van der Waals surface area contributed by atoms with Crippen LogP contribution in [-0.2, 0) is 0 Å². The van der Waals surface area contributed by atoms with E-state index in [4.69, 9.17) is 17.3 Å². The lowest BCUT2D eigenvalue weighted by atomic mass is 10.2. The predicted octanol–water partition coefficient (Wildman–Crippen LogP) is 2.30. The van der Waals surface area contributed by atoms with Gasteiger partial charge in [0.25, 0.3) is 5.91 Å². The monoisotopic (exact) mass is 285 g/mol. The lowest BCUT2D eigenvalue weighted by Crippen LogP contribution is -2.15. The first-order chi connectivity index (χ1) is 9.70. The van der Waals surface area contributed by atoms with Crippen molar-refractivity contribution < 1.29 is 4.79 Å². The number of pyridine rings is 1. The molecule has 4 nitrogen and oxygen atoms in total. The van der Waals surface area contributed by atoms with Crippen molar-refractivity contribution in [3.05, 3.63) is 58.9 Å². The minimum Gasteiger partial charge on any atom is -0.321 e. The molecule has 0 aliphatic heterocycles. The third-order valence-electron chi connectivity index (χ3n) is 2.43. The lowest BCUT2D eigenvalue weighted by Gasteiger charge is -2.06. The van der Waals surface area contributed by atoms with Crippen LogP contribution in [0.4, 0.5) is 5.69 Å². The third kappa shape index (κ3) is 3.58. The summed E-state index contributed by atoms with van der Waals surface area (Å²) in [6.07, 6.45) is 1.54. The van der Waals surface area contributed by atoms with Gasteiger partial charge >= 0.3 is 0 Å². The van der Waals surface area contributed by atoms with Gasteiger partial charge in [0.2, 0.25) is 0 Å². The summed E-state index contributed by atoms with van der Waals surface area (Å²) in [6, 6.07) is 10.3. The van der Waals surface area contributed by atoms with Gasteiger partial charge < -0.3 is 11.1 Å². The van der Waals surface area contributed by atoms with Crippen LogP contribution in [0.2, 0.25) is 5.02 Å². The number of carbonyl (C=O) groups excluding carboxylic acids is 1. The first-order valence-corrected chi connectivity index (χ1v) is 6.29. The number of nitrogens with two attached hydrogens (primary N) is 1. The molecule has 0 radical (unpaired) electrons. The van der Waals surface area contributed by atoms with Crippen molar-refractivity contribution in [1.29, 1.82) is 0 Å². The van der Waals surface area contributed by atoms with E-state index in [2.05, 4.69) is 22.1 Å². The average molecular weight is 286 g/mol. The summed E-state index contributed by atoms with van der Waals surface area (Å²) in [5.74, 6) is 5.20. The molecule has 1 aromatic heterocycles. The first kappa shape index (κ1) is 14.1. The zero-order valence-electron chi connectivity index (χ0n) is 10.6. The second-order valence-electron chi connectivity index (χ2n) is 3.87. The topological polar surface area (TPSA) is 68.0 Å². The second kappa shape index (κ2) is 6.71. The third-order valence-corrected chi connectivity index (χ3v) is 2.67. The number of hydrogen-bond acceptors (Lipinski definition) is 3. The molecule has 100 valence electrons. The summed E-state index contributed by atoms with van der Waals surface area (Å²) in [5.41, 5.74) is 6.73. The number of halogens is 1. The molecule has 3 N–H and O–H groups in total. The molecule has 2 rings (SSSR count). The van der Waals surface area contributed by atoms with Crippen LogP contribution in [0.1, 0.15) is 16.1 Å². The molecule has 1 amide bonds. The molecular formula is C15H12ClN3O. The smallest absolute Gasteiger partial charge is 0.275 e. The molecule has 2 aromatic rings. The number of anilines is 1. The highest BCUT2D eigenvalue weighted by Crippen LogP contribution is 2.16. The molecule has 1 heterocycles. The molecule has 0 unspecified atom stereocenters. The van der Waals surface area contributed by atoms with Crippen LogP contribution in [-0.4, -0.2) is 17.4 Å². The fourth-order valence-corrected chi connectivity index (χ4v) is 1.78. The van der Waals surface area contributed by atoms with Crippen molar-refractivity contribution in [2.45, 2.75) is 0 Å². The number of nitrogens with one attached hydrogen (secondary N) is 1. The molecule has 20 heavy (non-hydrogen) atoms. The fraction of sp³-hybridized carbons (Fsp3) is 0.0667. The van der Waals surface area contributed by atoms with Gasteiger partial charge in [0, 0.05) is 16.9 Å². The molecule has 1 aromatic carbocycles. The van der Waals surface area contributed by atoms with Crippen molar-refractivity contribution in [1.82, 2.24) is 4.98 Å². The Bertz CT molecular complexity index is 689. The van der Waals surface area contributed by atoms with Gasteiger partial charge in [-0.25, -0.2) is 4.98 Å². The Morgan fingerprint density at radius 2 is 2.20 bits per heavy atom. The summed E-state index contributed by atoms with van der Waals surface area (Å²) in [4.78, 5) is 16.3. The average Bonchev–Trinajstić information content (AvgIpc) is 2.45. The lowest BCUT2D eigenvalue weighted by molar-refractivity contribution is 0.102. The van der Waals surface area contributed by atoms with Crippen LogP contribution in [0.3, 0.4) is 0 Å². The molecule has 0 aliphatic carbocycles. The van der Waals surface area contributed by atoms with Crippen molar-refractivity contribution >= 4 is 23.2 Å². The summed E-state index contributed by atoms with van der Waals surface area (Å²) in [7, 11) is 0. The van der Waals surface area contributed by atoms with Crippen molar-refractivity contribution in [3.63, 3.8) is 0 Å².